The van der Waals surface area contributed by atoms with Crippen molar-refractivity contribution in [3.63, 3.8) is 0 Å². The summed E-state index contributed by atoms with van der Waals surface area (Å²) in [6.45, 7) is 0.332. The maximum Gasteiger partial charge on any atom is 0.407 e. The Morgan fingerprint density at radius 3 is 2.71 bits per heavy atom. The fraction of sp³-hybridized carbons (Fsp3) is 0.294. The third kappa shape index (κ3) is 5.49. The van der Waals surface area contributed by atoms with Gasteiger partial charge in [-0.25, -0.2) is 4.79 Å². The van der Waals surface area contributed by atoms with Crippen molar-refractivity contribution in [2.45, 2.75) is 25.2 Å². The zero-order valence-corrected chi connectivity index (χ0v) is 13.7. The molecule has 1 heterocycles. The number of rotatable bonds is 7. The highest BCUT2D eigenvalue weighted by atomic mass is 35.5. The highest BCUT2D eigenvalue weighted by Crippen LogP contribution is 2.25. The summed E-state index contributed by atoms with van der Waals surface area (Å²) >= 11 is 5.92. The number of halogens is 1. The number of carbonyl (C=O) groups excluding carboxylic acids is 1. The molecule has 0 saturated carbocycles. The molecule has 2 rings (SSSR count). The van der Waals surface area contributed by atoms with Crippen LogP contribution in [0.4, 0.5) is 4.79 Å². The number of amides is 1. The van der Waals surface area contributed by atoms with Crippen LogP contribution in [0.15, 0.2) is 48.8 Å². The number of aromatic nitrogens is 1. The van der Waals surface area contributed by atoms with E-state index < -0.39 is 18.3 Å². The van der Waals surface area contributed by atoms with Crippen molar-refractivity contribution in [2.24, 2.45) is 0 Å². The first-order valence-electron chi connectivity index (χ1n) is 7.48. The SMILES string of the molecule is O=C(NCCC(O)C(O)c1ccncc1Cl)OCc1ccccc1. The van der Waals surface area contributed by atoms with Crippen LogP contribution in [-0.2, 0) is 11.3 Å². The van der Waals surface area contributed by atoms with Gasteiger partial charge in [0, 0.05) is 24.5 Å². The van der Waals surface area contributed by atoms with Crippen molar-refractivity contribution in [1.29, 1.82) is 0 Å². The summed E-state index contributed by atoms with van der Waals surface area (Å²) in [4.78, 5) is 15.4. The molecule has 2 unspecified atom stereocenters. The summed E-state index contributed by atoms with van der Waals surface area (Å²) in [5.74, 6) is 0. The predicted octanol–water partition coefficient (Wildman–Crippen LogP) is 2.45. The van der Waals surface area contributed by atoms with Crippen LogP contribution in [0.1, 0.15) is 23.7 Å². The molecule has 3 N–H and O–H groups in total. The molecule has 0 bridgehead atoms. The second-order valence-corrected chi connectivity index (χ2v) is 5.59. The van der Waals surface area contributed by atoms with E-state index in [1.807, 2.05) is 30.3 Å². The summed E-state index contributed by atoms with van der Waals surface area (Å²) < 4.78 is 5.05. The Hall–Kier alpha value is -2.15. The van der Waals surface area contributed by atoms with Gasteiger partial charge in [-0.3, -0.25) is 4.98 Å². The average Bonchev–Trinajstić information content (AvgIpc) is 2.60. The number of nitrogens with zero attached hydrogens (tertiary/aromatic N) is 1. The van der Waals surface area contributed by atoms with Gasteiger partial charge in [0.1, 0.15) is 12.7 Å². The smallest absolute Gasteiger partial charge is 0.407 e. The van der Waals surface area contributed by atoms with Crippen LogP contribution < -0.4 is 5.32 Å². The highest BCUT2D eigenvalue weighted by molar-refractivity contribution is 6.31. The number of ether oxygens (including phenoxy) is 1. The monoisotopic (exact) mass is 350 g/mol. The number of hydrogen-bond acceptors (Lipinski definition) is 5. The number of hydrogen-bond donors (Lipinski definition) is 3. The molecular weight excluding hydrogens is 332 g/mol. The van der Waals surface area contributed by atoms with E-state index >= 15 is 0 Å². The van der Waals surface area contributed by atoms with Gasteiger partial charge in [-0.05, 0) is 18.1 Å². The standard InChI is InChI=1S/C17H19ClN2O4/c18-14-10-19-8-6-13(14)16(22)15(21)7-9-20-17(23)24-11-12-4-2-1-3-5-12/h1-6,8,10,15-16,21-22H,7,9,11H2,(H,20,23). The van der Waals surface area contributed by atoms with Gasteiger partial charge in [0.25, 0.3) is 0 Å². The molecule has 0 saturated heterocycles. The fourth-order valence-electron chi connectivity index (χ4n) is 2.09. The van der Waals surface area contributed by atoms with E-state index in [1.165, 1.54) is 18.5 Å². The molecule has 0 aliphatic heterocycles. The number of carbonyl (C=O) groups is 1. The van der Waals surface area contributed by atoms with Crippen LogP contribution >= 0.6 is 11.6 Å². The lowest BCUT2D eigenvalue weighted by atomic mass is 10.0. The van der Waals surface area contributed by atoms with E-state index in [9.17, 15) is 15.0 Å². The normalized spacial score (nSPS) is 13.1. The van der Waals surface area contributed by atoms with Crippen molar-refractivity contribution in [2.75, 3.05) is 6.54 Å². The molecule has 7 heteroatoms. The average molecular weight is 351 g/mol. The molecule has 0 fully saturated rings. The van der Waals surface area contributed by atoms with E-state index in [4.69, 9.17) is 16.3 Å². The molecule has 0 aliphatic rings. The van der Waals surface area contributed by atoms with Crippen LogP contribution in [0.3, 0.4) is 0 Å². The Morgan fingerprint density at radius 2 is 2.00 bits per heavy atom. The third-order valence-electron chi connectivity index (χ3n) is 3.41. The number of alkyl carbamates (subject to hydrolysis) is 1. The lowest BCUT2D eigenvalue weighted by Crippen LogP contribution is -2.29. The predicted molar refractivity (Wildman–Crippen MR) is 89.5 cm³/mol. The molecule has 128 valence electrons. The van der Waals surface area contributed by atoms with Gasteiger partial charge in [0.05, 0.1) is 11.1 Å². The molecule has 1 aromatic heterocycles. The fourth-order valence-corrected chi connectivity index (χ4v) is 2.32. The minimum atomic E-state index is -1.15. The summed E-state index contributed by atoms with van der Waals surface area (Å²) in [5.41, 5.74) is 1.28. The van der Waals surface area contributed by atoms with Gasteiger partial charge in [-0.1, -0.05) is 41.9 Å². The molecule has 1 amide bonds. The lowest BCUT2D eigenvalue weighted by Gasteiger charge is -2.19. The Bertz CT molecular complexity index is 654. The van der Waals surface area contributed by atoms with Crippen LogP contribution in [-0.4, -0.2) is 33.9 Å². The molecule has 0 aliphatic carbocycles. The van der Waals surface area contributed by atoms with E-state index in [2.05, 4.69) is 10.3 Å². The van der Waals surface area contributed by atoms with E-state index in [0.717, 1.165) is 5.56 Å². The van der Waals surface area contributed by atoms with Gasteiger partial charge in [0.2, 0.25) is 0 Å². The van der Waals surface area contributed by atoms with Crippen LogP contribution in [0.2, 0.25) is 5.02 Å². The second-order valence-electron chi connectivity index (χ2n) is 5.19. The first-order valence-corrected chi connectivity index (χ1v) is 7.86. The maximum atomic E-state index is 11.6. The Kier molecular flexibility index (Phi) is 6.99. The minimum Gasteiger partial charge on any atom is -0.445 e. The Labute approximate surface area is 145 Å². The summed E-state index contributed by atoms with van der Waals surface area (Å²) in [5, 5.41) is 22.9. The zero-order valence-electron chi connectivity index (χ0n) is 12.9. The third-order valence-corrected chi connectivity index (χ3v) is 3.72. The van der Waals surface area contributed by atoms with Crippen molar-refractivity contribution in [3.05, 3.63) is 64.9 Å². The molecule has 24 heavy (non-hydrogen) atoms. The number of nitrogens with one attached hydrogen (secondary N) is 1. The highest BCUT2D eigenvalue weighted by Gasteiger charge is 2.20. The van der Waals surface area contributed by atoms with E-state index in [0.29, 0.717) is 5.56 Å². The Morgan fingerprint density at radius 1 is 1.25 bits per heavy atom. The summed E-state index contributed by atoms with van der Waals surface area (Å²) in [7, 11) is 0. The zero-order chi connectivity index (χ0) is 17.4. The molecular formula is C17H19ClN2O4. The van der Waals surface area contributed by atoms with Crippen LogP contribution in [0, 0.1) is 0 Å². The van der Waals surface area contributed by atoms with Gasteiger partial charge in [-0.2, -0.15) is 0 Å². The second kappa shape index (κ2) is 9.22. The summed E-state index contributed by atoms with van der Waals surface area (Å²) in [6, 6.07) is 10.8. The van der Waals surface area contributed by atoms with Crippen LogP contribution in [0.5, 0.6) is 0 Å². The molecule has 0 spiro atoms. The summed E-state index contributed by atoms with van der Waals surface area (Å²) in [6.07, 6.45) is 0.229. The van der Waals surface area contributed by atoms with Gasteiger partial charge in [-0.15, -0.1) is 0 Å². The quantitative estimate of drug-likeness (QED) is 0.713. The number of aliphatic hydroxyl groups excluding tert-OH is 2. The molecule has 1 aromatic carbocycles. The van der Waals surface area contributed by atoms with Gasteiger partial charge >= 0.3 is 6.09 Å². The van der Waals surface area contributed by atoms with Crippen molar-refractivity contribution < 1.29 is 19.7 Å². The number of benzene rings is 1. The van der Waals surface area contributed by atoms with Gasteiger partial charge in [0.15, 0.2) is 0 Å². The lowest BCUT2D eigenvalue weighted by molar-refractivity contribution is 0.0136. The first kappa shape index (κ1) is 18.2. The van der Waals surface area contributed by atoms with Gasteiger partial charge < -0.3 is 20.3 Å². The maximum absolute atomic E-state index is 11.6. The first-order chi connectivity index (χ1) is 11.6. The van der Waals surface area contributed by atoms with Crippen molar-refractivity contribution in [1.82, 2.24) is 10.3 Å². The molecule has 6 nitrogen and oxygen atoms in total. The van der Waals surface area contributed by atoms with Crippen molar-refractivity contribution in [3.8, 4) is 0 Å². The number of aliphatic hydroxyl groups is 2. The number of pyridine rings is 1. The van der Waals surface area contributed by atoms with E-state index in [-0.39, 0.29) is 24.6 Å². The van der Waals surface area contributed by atoms with Crippen LogP contribution in [0.25, 0.3) is 0 Å². The molecule has 2 atom stereocenters. The Balaban J connectivity index is 1.71. The van der Waals surface area contributed by atoms with E-state index in [1.54, 1.807) is 0 Å². The topological polar surface area (TPSA) is 91.7 Å². The largest absolute Gasteiger partial charge is 0.445 e. The molecule has 2 aromatic rings. The molecule has 0 radical (unpaired) electrons. The van der Waals surface area contributed by atoms with Crippen molar-refractivity contribution >= 4 is 17.7 Å². The minimum absolute atomic E-state index is 0.153.